The lowest BCUT2D eigenvalue weighted by atomic mass is 9.89. The van der Waals surface area contributed by atoms with Gasteiger partial charge in [0, 0.05) is 13.1 Å². The molecule has 26 heavy (non-hydrogen) atoms. The highest BCUT2D eigenvalue weighted by atomic mass is 16.5. The highest BCUT2D eigenvalue weighted by molar-refractivity contribution is 5.84. The molecule has 0 fully saturated rings. The van der Waals surface area contributed by atoms with Crippen LogP contribution in [0.25, 0.3) is 0 Å². The van der Waals surface area contributed by atoms with Crippen LogP contribution in [0.2, 0.25) is 0 Å². The molecule has 0 aliphatic carbocycles. The number of hydrogen-bond donors (Lipinski definition) is 1. The fraction of sp³-hybridized carbons (Fsp3) is 0.333. The largest absolute Gasteiger partial charge is 0.481 e. The van der Waals surface area contributed by atoms with Gasteiger partial charge in [-0.25, -0.2) is 0 Å². The second-order valence-corrected chi connectivity index (χ2v) is 6.59. The smallest absolute Gasteiger partial charge is 0.312 e. The summed E-state index contributed by atoms with van der Waals surface area (Å²) in [6.07, 6.45) is -0.112. The Morgan fingerprint density at radius 1 is 1.19 bits per heavy atom. The second-order valence-electron chi connectivity index (χ2n) is 6.59. The molecule has 2 aromatic rings. The van der Waals surface area contributed by atoms with Gasteiger partial charge in [-0.1, -0.05) is 49.4 Å². The number of ether oxygens (including phenoxy) is 1. The first-order chi connectivity index (χ1) is 12.5. The summed E-state index contributed by atoms with van der Waals surface area (Å²) in [6.45, 7) is 4.41. The van der Waals surface area contributed by atoms with Crippen LogP contribution in [0.15, 0.2) is 48.5 Å². The molecule has 5 heteroatoms. The predicted octanol–water partition coefficient (Wildman–Crippen LogP) is 3.36. The Labute approximate surface area is 153 Å². The highest BCUT2D eigenvalue weighted by Gasteiger charge is 2.35. The number of hydrogen-bond acceptors (Lipinski definition) is 3. The summed E-state index contributed by atoms with van der Waals surface area (Å²) in [5.74, 6) is -1.11. The maximum Gasteiger partial charge on any atom is 0.312 e. The van der Waals surface area contributed by atoms with Crippen LogP contribution in [0.4, 0.5) is 0 Å². The van der Waals surface area contributed by atoms with Crippen molar-refractivity contribution in [2.45, 2.75) is 38.8 Å². The number of amides is 1. The molecule has 1 amide bonds. The van der Waals surface area contributed by atoms with Crippen molar-refractivity contribution in [1.29, 1.82) is 0 Å². The van der Waals surface area contributed by atoms with E-state index in [1.165, 1.54) is 0 Å². The Hall–Kier alpha value is -2.82. The first-order valence-corrected chi connectivity index (χ1v) is 8.83. The molecule has 5 nitrogen and oxygen atoms in total. The normalized spacial score (nSPS) is 17.3. The lowest BCUT2D eigenvalue weighted by Gasteiger charge is -2.34. The number of carboxylic acids is 1. The van der Waals surface area contributed by atoms with E-state index in [0.29, 0.717) is 18.7 Å². The molecule has 0 aromatic heterocycles. The summed E-state index contributed by atoms with van der Waals surface area (Å²) in [5.41, 5.74) is 2.63. The number of carbonyl (C=O) groups excluding carboxylic acids is 1. The topological polar surface area (TPSA) is 66.8 Å². The molecule has 1 aliphatic rings. The third kappa shape index (κ3) is 3.57. The van der Waals surface area contributed by atoms with Crippen molar-refractivity contribution >= 4 is 11.9 Å². The molecule has 136 valence electrons. The quantitative estimate of drug-likeness (QED) is 0.895. The summed E-state index contributed by atoms with van der Waals surface area (Å²) in [4.78, 5) is 26.3. The Kier molecular flexibility index (Phi) is 5.26. The Morgan fingerprint density at radius 3 is 2.58 bits per heavy atom. The number of carboxylic acid groups (broad SMARTS) is 1. The number of aryl methyl sites for hydroxylation is 1. The molecule has 2 atom stereocenters. The molecule has 1 N–H and O–H groups in total. The van der Waals surface area contributed by atoms with Gasteiger partial charge >= 0.3 is 5.97 Å². The molecular formula is C21H23NO4. The van der Waals surface area contributed by atoms with Gasteiger partial charge in [-0.2, -0.15) is 0 Å². The van der Waals surface area contributed by atoms with E-state index < -0.39 is 18.0 Å². The molecular weight excluding hydrogens is 330 g/mol. The van der Waals surface area contributed by atoms with Gasteiger partial charge in [0.2, 0.25) is 0 Å². The lowest BCUT2D eigenvalue weighted by molar-refractivity contribution is -0.144. The van der Waals surface area contributed by atoms with E-state index >= 15 is 0 Å². The van der Waals surface area contributed by atoms with Crippen molar-refractivity contribution in [2.24, 2.45) is 0 Å². The van der Waals surface area contributed by atoms with Crippen LogP contribution >= 0.6 is 0 Å². The third-order valence-corrected chi connectivity index (χ3v) is 4.81. The van der Waals surface area contributed by atoms with E-state index in [4.69, 9.17) is 4.74 Å². The van der Waals surface area contributed by atoms with Gasteiger partial charge in [0.1, 0.15) is 5.75 Å². The van der Waals surface area contributed by atoms with Crippen molar-refractivity contribution in [3.63, 3.8) is 0 Å². The van der Waals surface area contributed by atoms with Gasteiger partial charge in [-0.15, -0.1) is 0 Å². The summed E-state index contributed by atoms with van der Waals surface area (Å²) < 4.78 is 5.95. The molecule has 0 spiro atoms. The maximum absolute atomic E-state index is 13.0. The second kappa shape index (κ2) is 7.60. The van der Waals surface area contributed by atoms with E-state index in [1.54, 1.807) is 4.90 Å². The number of nitrogens with zero attached hydrogens (tertiary/aromatic N) is 1. The third-order valence-electron chi connectivity index (χ3n) is 4.81. The lowest BCUT2D eigenvalue weighted by Crippen LogP contribution is -2.46. The molecule has 0 radical (unpaired) electrons. The van der Waals surface area contributed by atoms with E-state index in [0.717, 1.165) is 16.7 Å². The molecule has 1 aliphatic heterocycles. The standard InChI is InChI=1S/C21H23NO4/c1-3-18(26-19-11-7-4-8-14(19)2)20(23)22-12-15-9-5-6-10-16(15)17(13-22)21(24)25/h4-11,17-18H,3,12-13H2,1-2H3,(H,24,25). The van der Waals surface area contributed by atoms with Crippen LogP contribution < -0.4 is 4.74 Å². The first kappa shape index (κ1) is 18.0. The Balaban J connectivity index is 1.82. The number of para-hydroxylation sites is 1. The zero-order chi connectivity index (χ0) is 18.7. The van der Waals surface area contributed by atoms with E-state index in [1.807, 2.05) is 62.4 Å². The molecule has 2 unspecified atom stereocenters. The van der Waals surface area contributed by atoms with Gasteiger partial charge in [0.25, 0.3) is 5.91 Å². The molecule has 0 bridgehead atoms. The SMILES string of the molecule is CCC(Oc1ccccc1C)C(=O)N1Cc2ccccc2C(C(=O)O)C1. The van der Waals surface area contributed by atoms with Crippen molar-refractivity contribution in [1.82, 2.24) is 4.90 Å². The summed E-state index contributed by atoms with van der Waals surface area (Å²) >= 11 is 0. The fourth-order valence-electron chi connectivity index (χ4n) is 3.34. The fourth-order valence-corrected chi connectivity index (χ4v) is 3.34. The predicted molar refractivity (Wildman–Crippen MR) is 98.1 cm³/mol. The number of carbonyl (C=O) groups is 2. The van der Waals surface area contributed by atoms with Crippen molar-refractivity contribution in [2.75, 3.05) is 6.54 Å². The van der Waals surface area contributed by atoms with Crippen LogP contribution in [0.1, 0.15) is 36.0 Å². The minimum Gasteiger partial charge on any atom is -0.481 e. The molecule has 2 aromatic carbocycles. The maximum atomic E-state index is 13.0. The zero-order valence-electron chi connectivity index (χ0n) is 15.0. The van der Waals surface area contributed by atoms with E-state index in [2.05, 4.69) is 0 Å². The van der Waals surface area contributed by atoms with Crippen molar-refractivity contribution < 1.29 is 19.4 Å². The van der Waals surface area contributed by atoms with Crippen LogP contribution in [0.5, 0.6) is 5.75 Å². The van der Waals surface area contributed by atoms with Crippen LogP contribution in [-0.4, -0.2) is 34.5 Å². The Bertz CT molecular complexity index is 817. The van der Waals surface area contributed by atoms with Crippen molar-refractivity contribution in [3.8, 4) is 5.75 Å². The van der Waals surface area contributed by atoms with Crippen LogP contribution in [0, 0.1) is 6.92 Å². The van der Waals surface area contributed by atoms with Gasteiger partial charge < -0.3 is 14.7 Å². The zero-order valence-corrected chi connectivity index (χ0v) is 15.0. The average molecular weight is 353 g/mol. The van der Waals surface area contributed by atoms with Gasteiger partial charge in [0.15, 0.2) is 6.10 Å². The van der Waals surface area contributed by atoms with E-state index in [9.17, 15) is 14.7 Å². The minimum absolute atomic E-state index is 0.165. The molecule has 1 heterocycles. The van der Waals surface area contributed by atoms with Gasteiger partial charge in [0.05, 0.1) is 5.92 Å². The minimum atomic E-state index is -0.914. The Morgan fingerprint density at radius 2 is 1.88 bits per heavy atom. The van der Waals surface area contributed by atoms with Crippen molar-refractivity contribution in [3.05, 3.63) is 65.2 Å². The highest BCUT2D eigenvalue weighted by Crippen LogP contribution is 2.29. The first-order valence-electron chi connectivity index (χ1n) is 8.83. The molecule has 3 rings (SSSR count). The van der Waals surface area contributed by atoms with Crippen LogP contribution in [0.3, 0.4) is 0 Å². The van der Waals surface area contributed by atoms with Gasteiger partial charge in [-0.05, 0) is 36.1 Å². The van der Waals surface area contributed by atoms with Gasteiger partial charge in [-0.3, -0.25) is 9.59 Å². The van der Waals surface area contributed by atoms with Crippen LogP contribution in [-0.2, 0) is 16.1 Å². The summed E-state index contributed by atoms with van der Waals surface area (Å²) in [5, 5.41) is 9.58. The molecule has 0 saturated carbocycles. The number of benzene rings is 2. The summed E-state index contributed by atoms with van der Waals surface area (Å²) in [6, 6.07) is 15.0. The summed E-state index contributed by atoms with van der Waals surface area (Å²) in [7, 11) is 0. The van der Waals surface area contributed by atoms with E-state index in [-0.39, 0.29) is 12.5 Å². The average Bonchev–Trinajstić information content (AvgIpc) is 2.65. The number of rotatable bonds is 5. The monoisotopic (exact) mass is 353 g/mol. The number of aliphatic carboxylic acids is 1. The number of fused-ring (bicyclic) bond motifs is 1. The molecule has 0 saturated heterocycles.